The van der Waals surface area contributed by atoms with Crippen molar-refractivity contribution in [2.24, 2.45) is 5.92 Å². The number of halogens is 2. The molecule has 3 rings (SSSR count). The van der Waals surface area contributed by atoms with Gasteiger partial charge in [0, 0.05) is 29.7 Å². The maximum Gasteiger partial charge on any atom is 0.246 e. The number of sulfonamides is 1. The maximum atomic E-state index is 13.0. The van der Waals surface area contributed by atoms with Gasteiger partial charge in [0.05, 0.1) is 19.2 Å². The molecule has 162 valence electrons. The summed E-state index contributed by atoms with van der Waals surface area (Å²) < 4.78 is 37.7. The van der Waals surface area contributed by atoms with Crippen LogP contribution in [-0.4, -0.2) is 45.9 Å². The Hall–Kier alpha value is -2.00. The molecule has 1 fully saturated rings. The molecule has 0 radical (unpaired) electrons. The van der Waals surface area contributed by atoms with Crippen LogP contribution in [-0.2, 0) is 14.8 Å². The van der Waals surface area contributed by atoms with Crippen molar-refractivity contribution in [3.8, 4) is 11.5 Å². The molecule has 0 atom stereocenters. The van der Waals surface area contributed by atoms with Gasteiger partial charge < -0.3 is 14.8 Å². The first kappa shape index (κ1) is 22.7. The third-order valence-corrected chi connectivity index (χ3v) is 7.44. The number of carbonyl (C=O) groups excluding carboxylic acids is 1. The van der Waals surface area contributed by atoms with E-state index in [1.807, 2.05) is 0 Å². The fraction of sp³-hybridized carbons (Fsp3) is 0.350. The average Bonchev–Trinajstić information content (AvgIpc) is 2.74. The Morgan fingerprint density at radius 3 is 2.27 bits per heavy atom. The van der Waals surface area contributed by atoms with Gasteiger partial charge in [-0.2, -0.15) is 4.31 Å². The molecule has 2 aromatic rings. The van der Waals surface area contributed by atoms with Crippen LogP contribution in [0.4, 0.5) is 5.69 Å². The summed E-state index contributed by atoms with van der Waals surface area (Å²) >= 11 is 12.1. The van der Waals surface area contributed by atoms with Crippen LogP contribution in [0.5, 0.6) is 11.5 Å². The van der Waals surface area contributed by atoms with Crippen LogP contribution in [0, 0.1) is 5.92 Å². The molecule has 10 heteroatoms. The topological polar surface area (TPSA) is 84.9 Å². The molecule has 0 spiro atoms. The van der Waals surface area contributed by atoms with Gasteiger partial charge in [-0.3, -0.25) is 4.79 Å². The number of nitrogens with one attached hydrogen (secondary N) is 1. The second-order valence-electron chi connectivity index (χ2n) is 6.81. The first-order valence-electron chi connectivity index (χ1n) is 9.24. The summed E-state index contributed by atoms with van der Waals surface area (Å²) in [5.74, 6) is 0.271. The summed E-state index contributed by atoms with van der Waals surface area (Å²) in [5.41, 5.74) is 0.560. The largest absolute Gasteiger partial charge is 0.495 e. The van der Waals surface area contributed by atoms with Crippen LogP contribution < -0.4 is 14.8 Å². The number of methoxy groups -OCH3 is 2. The summed E-state index contributed by atoms with van der Waals surface area (Å²) in [6.45, 7) is 0.443. The minimum atomic E-state index is -3.79. The van der Waals surface area contributed by atoms with E-state index in [-0.39, 0.29) is 35.6 Å². The van der Waals surface area contributed by atoms with Gasteiger partial charge in [0.15, 0.2) is 0 Å². The van der Waals surface area contributed by atoms with Crippen LogP contribution in [0.15, 0.2) is 41.3 Å². The Morgan fingerprint density at radius 2 is 1.67 bits per heavy atom. The van der Waals surface area contributed by atoms with Crippen LogP contribution >= 0.6 is 23.2 Å². The second kappa shape index (κ2) is 9.43. The lowest BCUT2D eigenvalue weighted by Crippen LogP contribution is -2.41. The molecule has 0 aliphatic carbocycles. The highest BCUT2D eigenvalue weighted by Gasteiger charge is 2.34. The maximum absolute atomic E-state index is 13.0. The van der Waals surface area contributed by atoms with E-state index >= 15 is 0 Å². The Balaban J connectivity index is 1.66. The minimum absolute atomic E-state index is 0.0216. The molecule has 1 aliphatic heterocycles. The van der Waals surface area contributed by atoms with Crippen LogP contribution in [0.25, 0.3) is 0 Å². The molecule has 2 aromatic carbocycles. The molecule has 1 N–H and O–H groups in total. The summed E-state index contributed by atoms with van der Waals surface area (Å²) in [4.78, 5) is 12.6. The molecular formula is C20H22Cl2N2O5S. The van der Waals surface area contributed by atoms with E-state index in [2.05, 4.69) is 5.32 Å². The molecule has 0 unspecified atom stereocenters. The van der Waals surface area contributed by atoms with Crippen molar-refractivity contribution in [1.82, 2.24) is 4.31 Å². The second-order valence-corrected chi connectivity index (χ2v) is 9.56. The van der Waals surface area contributed by atoms with Crippen LogP contribution in [0.1, 0.15) is 12.8 Å². The predicted molar refractivity (Wildman–Crippen MR) is 116 cm³/mol. The van der Waals surface area contributed by atoms with Crippen LogP contribution in [0.3, 0.4) is 0 Å². The van der Waals surface area contributed by atoms with Gasteiger partial charge in [0.1, 0.15) is 16.4 Å². The van der Waals surface area contributed by atoms with E-state index in [1.165, 1.54) is 30.7 Å². The number of rotatable bonds is 6. The van der Waals surface area contributed by atoms with Crippen molar-refractivity contribution >= 4 is 44.8 Å². The Morgan fingerprint density at radius 1 is 1.03 bits per heavy atom. The Kier molecular flexibility index (Phi) is 7.13. The number of ether oxygens (including phenoxy) is 2. The predicted octanol–water partition coefficient (Wildman–Crippen LogP) is 4.05. The van der Waals surface area contributed by atoms with E-state index in [4.69, 9.17) is 32.7 Å². The lowest BCUT2D eigenvalue weighted by Gasteiger charge is -2.31. The van der Waals surface area contributed by atoms with Gasteiger partial charge >= 0.3 is 0 Å². The van der Waals surface area contributed by atoms with Crippen molar-refractivity contribution in [1.29, 1.82) is 0 Å². The Bertz CT molecular complexity index is 1040. The monoisotopic (exact) mass is 472 g/mol. The van der Waals surface area contributed by atoms with Gasteiger partial charge in [-0.25, -0.2) is 8.42 Å². The van der Waals surface area contributed by atoms with Crippen LogP contribution in [0.2, 0.25) is 10.0 Å². The molecule has 30 heavy (non-hydrogen) atoms. The fourth-order valence-corrected chi connectivity index (χ4v) is 5.48. The highest BCUT2D eigenvalue weighted by molar-refractivity contribution is 7.89. The third-order valence-electron chi connectivity index (χ3n) is 4.99. The van der Waals surface area contributed by atoms with E-state index < -0.39 is 10.0 Å². The summed E-state index contributed by atoms with van der Waals surface area (Å²) in [7, 11) is -0.867. The molecule has 0 aromatic heterocycles. The molecule has 1 amide bonds. The minimum Gasteiger partial charge on any atom is -0.495 e. The number of hydrogen-bond donors (Lipinski definition) is 1. The Labute approximate surface area is 185 Å². The van der Waals surface area contributed by atoms with Crippen molar-refractivity contribution < 1.29 is 22.7 Å². The number of amides is 1. The molecule has 1 aliphatic rings. The number of anilines is 1. The number of carbonyl (C=O) groups is 1. The summed E-state index contributed by atoms with van der Waals surface area (Å²) in [6, 6.07) is 9.46. The van der Waals surface area contributed by atoms with Gasteiger partial charge in [0.25, 0.3) is 0 Å². The lowest BCUT2D eigenvalue weighted by molar-refractivity contribution is -0.120. The van der Waals surface area contributed by atoms with E-state index in [0.717, 1.165) is 0 Å². The third kappa shape index (κ3) is 4.83. The molecule has 1 heterocycles. The number of hydrogen-bond acceptors (Lipinski definition) is 5. The standard InChI is InChI=1S/C20H22Cl2N2O5S/c1-28-17-6-4-15(12-16(17)22)23-20(25)13-7-9-24(10-8-13)30(26,27)19-11-14(21)3-5-18(19)29-2/h3-6,11-13H,7-10H2,1-2H3,(H,23,25). The normalized spacial score (nSPS) is 15.6. The zero-order valence-corrected chi connectivity index (χ0v) is 18.9. The number of nitrogens with zero attached hydrogens (tertiary/aromatic N) is 1. The quantitative estimate of drug-likeness (QED) is 0.685. The van der Waals surface area contributed by atoms with Gasteiger partial charge in [0.2, 0.25) is 15.9 Å². The van der Waals surface area contributed by atoms with Gasteiger partial charge in [-0.1, -0.05) is 23.2 Å². The van der Waals surface area contributed by atoms with E-state index in [1.54, 1.807) is 24.3 Å². The average molecular weight is 473 g/mol. The first-order chi connectivity index (χ1) is 14.3. The molecular weight excluding hydrogens is 451 g/mol. The lowest BCUT2D eigenvalue weighted by atomic mass is 9.97. The smallest absolute Gasteiger partial charge is 0.246 e. The zero-order chi connectivity index (χ0) is 21.9. The molecule has 0 bridgehead atoms. The van der Waals surface area contributed by atoms with E-state index in [9.17, 15) is 13.2 Å². The first-order valence-corrected chi connectivity index (χ1v) is 11.4. The molecule has 1 saturated heterocycles. The molecule has 0 saturated carbocycles. The SMILES string of the molecule is COc1ccc(NC(=O)C2CCN(S(=O)(=O)c3cc(Cl)ccc3OC)CC2)cc1Cl. The number of benzene rings is 2. The highest BCUT2D eigenvalue weighted by Crippen LogP contribution is 2.32. The summed E-state index contributed by atoms with van der Waals surface area (Å²) in [6.07, 6.45) is 0.801. The number of piperidine rings is 1. The van der Waals surface area contributed by atoms with Crippen molar-refractivity contribution in [2.45, 2.75) is 17.7 Å². The molecule has 7 nitrogen and oxygen atoms in total. The van der Waals surface area contributed by atoms with Gasteiger partial charge in [-0.05, 0) is 49.2 Å². The zero-order valence-electron chi connectivity index (χ0n) is 16.5. The van der Waals surface area contributed by atoms with Crippen molar-refractivity contribution in [3.63, 3.8) is 0 Å². The summed E-state index contributed by atoms with van der Waals surface area (Å²) in [5, 5.41) is 3.53. The highest BCUT2D eigenvalue weighted by atomic mass is 35.5. The van der Waals surface area contributed by atoms with Crippen molar-refractivity contribution in [3.05, 3.63) is 46.4 Å². The van der Waals surface area contributed by atoms with Gasteiger partial charge in [-0.15, -0.1) is 0 Å². The van der Waals surface area contributed by atoms with E-state index in [0.29, 0.717) is 34.3 Å². The fourth-order valence-electron chi connectivity index (χ4n) is 3.34. The van der Waals surface area contributed by atoms with Crippen molar-refractivity contribution in [2.75, 3.05) is 32.6 Å².